The van der Waals surface area contributed by atoms with Gasteiger partial charge in [0.15, 0.2) is 5.69 Å². The van der Waals surface area contributed by atoms with Gasteiger partial charge in [0, 0.05) is 24.6 Å². The molecule has 13 heteroatoms. The number of imidazole rings is 1. The fraction of sp³-hybridized carbons (Fsp3) is 0.452. The normalized spacial score (nSPS) is 15.1. The number of carbonyl (C=O) groups is 2. The summed E-state index contributed by atoms with van der Waals surface area (Å²) in [4.78, 5) is 32.1. The first kappa shape index (κ1) is 32.8. The zero-order valence-electron chi connectivity index (χ0n) is 25.7. The molecule has 4 rings (SSSR count). The molecule has 2 heterocycles. The lowest BCUT2D eigenvalue weighted by Crippen LogP contribution is -2.43. The molecule has 44 heavy (non-hydrogen) atoms. The van der Waals surface area contributed by atoms with E-state index in [4.69, 9.17) is 29.2 Å². The maximum absolute atomic E-state index is 13.0. The number of piperidine rings is 1. The Balaban J connectivity index is 1.64. The molecule has 1 amide bonds. The van der Waals surface area contributed by atoms with Crippen LogP contribution in [0.25, 0.3) is 11.3 Å². The van der Waals surface area contributed by atoms with Crippen molar-refractivity contribution in [2.45, 2.75) is 51.6 Å². The lowest BCUT2D eigenvalue weighted by molar-refractivity contribution is 0.0168. The van der Waals surface area contributed by atoms with E-state index in [1.54, 1.807) is 29.2 Å². The minimum atomic E-state index is -3.68. The van der Waals surface area contributed by atoms with Crippen LogP contribution in [0.2, 0.25) is 0 Å². The largest absolute Gasteiger partial charge is 0.464 e. The molecule has 0 aliphatic carbocycles. The summed E-state index contributed by atoms with van der Waals surface area (Å²) < 4.78 is 46.3. The SMILES string of the molecule is COC(=O)c1c(-c2ccc(Oc3ccccc3)cc2)nc(C(CCOS(C)(=O)=O)C2CCN(C(=O)OC(C)(C)C)CC2)n1N. The van der Waals surface area contributed by atoms with Gasteiger partial charge in [-0.05, 0) is 82.3 Å². The van der Waals surface area contributed by atoms with Crippen molar-refractivity contribution in [1.82, 2.24) is 14.6 Å². The van der Waals surface area contributed by atoms with E-state index >= 15 is 0 Å². The molecule has 2 N–H and O–H groups in total. The van der Waals surface area contributed by atoms with E-state index in [9.17, 15) is 18.0 Å². The number of methoxy groups -OCH3 is 1. The van der Waals surface area contributed by atoms with Crippen molar-refractivity contribution in [2.75, 3.05) is 38.9 Å². The monoisotopic (exact) mass is 628 g/mol. The molecule has 1 aliphatic heterocycles. The number of hydrogen-bond donors (Lipinski definition) is 1. The summed E-state index contributed by atoms with van der Waals surface area (Å²) in [5.74, 6) is 7.11. The topological polar surface area (TPSA) is 152 Å². The predicted molar refractivity (Wildman–Crippen MR) is 164 cm³/mol. The maximum Gasteiger partial charge on any atom is 0.410 e. The number of ether oxygens (including phenoxy) is 3. The van der Waals surface area contributed by atoms with Crippen molar-refractivity contribution in [3.05, 3.63) is 66.1 Å². The molecule has 0 radical (unpaired) electrons. The van der Waals surface area contributed by atoms with Gasteiger partial charge in [0.1, 0.15) is 28.6 Å². The van der Waals surface area contributed by atoms with Crippen LogP contribution in [0.3, 0.4) is 0 Å². The van der Waals surface area contributed by atoms with Gasteiger partial charge in [-0.25, -0.2) is 19.2 Å². The van der Waals surface area contributed by atoms with E-state index in [1.165, 1.54) is 11.8 Å². The second kappa shape index (κ2) is 13.7. The van der Waals surface area contributed by atoms with Gasteiger partial charge >= 0.3 is 12.1 Å². The van der Waals surface area contributed by atoms with Gasteiger partial charge in [0.25, 0.3) is 10.1 Å². The number of nitrogens with zero attached hydrogens (tertiary/aromatic N) is 3. The number of aromatic nitrogens is 2. The Morgan fingerprint density at radius 3 is 2.20 bits per heavy atom. The highest BCUT2D eigenvalue weighted by molar-refractivity contribution is 7.85. The molecule has 0 saturated carbocycles. The first-order chi connectivity index (χ1) is 20.8. The number of nitrogen functional groups attached to an aromatic ring is 1. The highest BCUT2D eigenvalue weighted by Crippen LogP contribution is 2.38. The smallest absolute Gasteiger partial charge is 0.410 e. The predicted octanol–water partition coefficient (Wildman–Crippen LogP) is 4.94. The van der Waals surface area contributed by atoms with E-state index in [1.807, 2.05) is 51.1 Å². The van der Waals surface area contributed by atoms with Crippen LogP contribution in [-0.4, -0.2) is 73.7 Å². The van der Waals surface area contributed by atoms with Crippen molar-refractivity contribution in [3.63, 3.8) is 0 Å². The van der Waals surface area contributed by atoms with Crippen LogP contribution in [-0.2, 0) is 23.8 Å². The van der Waals surface area contributed by atoms with Gasteiger partial charge in [-0.3, -0.25) is 4.18 Å². The molecule has 1 unspecified atom stereocenters. The lowest BCUT2D eigenvalue weighted by Gasteiger charge is -2.36. The highest BCUT2D eigenvalue weighted by atomic mass is 32.2. The second-order valence-corrected chi connectivity index (χ2v) is 13.3. The van der Waals surface area contributed by atoms with Gasteiger partial charge in [0.05, 0.1) is 20.0 Å². The summed E-state index contributed by atoms with van der Waals surface area (Å²) in [7, 11) is -2.42. The Hall–Kier alpha value is -4.10. The minimum absolute atomic E-state index is 0.0402. The molecule has 3 aromatic rings. The molecule has 2 aromatic carbocycles. The first-order valence-electron chi connectivity index (χ1n) is 14.4. The second-order valence-electron chi connectivity index (χ2n) is 11.7. The lowest BCUT2D eigenvalue weighted by atomic mass is 9.82. The molecular formula is C31H40N4O8S. The van der Waals surface area contributed by atoms with Crippen molar-refractivity contribution in [2.24, 2.45) is 5.92 Å². The standard InChI is InChI=1S/C31H40N4O8S/c1-31(2,3)43-30(37)34-18-15-21(16-19-34)25(17-20-41-44(5,38)39)28-33-26(27(35(28)32)29(36)40-4)22-11-13-24(14-12-22)42-23-9-7-6-8-10-23/h6-14,21,25H,15-20,32H2,1-5H3. The first-order valence-corrected chi connectivity index (χ1v) is 16.2. The summed E-state index contributed by atoms with van der Waals surface area (Å²) in [5.41, 5.74) is 0.374. The Bertz CT molecular complexity index is 1540. The Morgan fingerprint density at radius 1 is 1.02 bits per heavy atom. The van der Waals surface area contributed by atoms with Gasteiger partial charge < -0.3 is 25.0 Å². The van der Waals surface area contributed by atoms with Crippen LogP contribution in [0.5, 0.6) is 11.5 Å². The number of esters is 1. The van der Waals surface area contributed by atoms with E-state index < -0.39 is 21.7 Å². The third-order valence-electron chi connectivity index (χ3n) is 7.24. The summed E-state index contributed by atoms with van der Waals surface area (Å²) in [6.45, 7) is 6.23. The van der Waals surface area contributed by atoms with Crippen molar-refractivity contribution >= 4 is 22.2 Å². The number of carbonyl (C=O) groups excluding carboxylic acids is 2. The average Bonchev–Trinajstić information content (AvgIpc) is 3.31. The third kappa shape index (κ3) is 8.50. The summed E-state index contributed by atoms with van der Waals surface area (Å²) in [5, 5.41) is 0. The van der Waals surface area contributed by atoms with Crippen molar-refractivity contribution in [3.8, 4) is 22.8 Å². The number of hydrogen-bond acceptors (Lipinski definition) is 10. The van der Waals surface area contributed by atoms with Gasteiger partial charge in [-0.15, -0.1) is 0 Å². The van der Waals surface area contributed by atoms with Gasteiger partial charge in [-0.1, -0.05) is 18.2 Å². The number of benzene rings is 2. The Morgan fingerprint density at radius 2 is 1.64 bits per heavy atom. The summed E-state index contributed by atoms with van der Waals surface area (Å²) in [6, 6.07) is 16.4. The molecule has 238 valence electrons. The van der Waals surface area contributed by atoms with Crippen LogP contribution in [0, 0.1) is 5.92 Å². The number of nitrogens with two attached hydrogens (primary N) is 1. The minimum Gasteiger partial charge on any atom is -0.464 e. The van der Waals surface area contributed by atoms with Crippen molar-refractivity contribution in [1.29, 1.82) is 0 Å². The van der Waals surface area contributed by atoms with Crippen LogP contribution >= 0.6 is 0 Å². The van der Waals surface area contributed by atoms with Gasteiger partial charge in [-0.2, -0.15) is 8.42 Å². The van der Waals surface area contributed by atoms with Gasteiger partial charge in [0.2, 0.25) is 0 Å². The molecule has 12 nitrogen and oxygen atoms in total. The average molecular weight is 629 g/mol. The van der Waals surface area contributed by atoms with E-state index in [2.05, 4.69) is 0 Å². The number of likely N-dealkylation sites (tertiary alicyclic amines) is 1. The quantitative estimate of drug-likeness (QED) is 0.186. The molecule has 1 aliphatic rings. The molecular weight excluding hydrogens is 588 g/mol. The highest BCUT2D eigenvalue weighted by Gasteiger charge is 2.36. The van der Waals surface area contributed by atoms with E-state index in [0.29, 0.717) is 54.5 Å². The fourth-order valence-electron chi connectivity index (χ4n) is 5.22. The number of para-hydroxylation sites is 1. The molecule has 0 bridgehead atoms. The summed E-state index contributed by atoms with van der Waals surface area (Å²) >= 11 is 0. The summed E-state index contributed by atoms with van der Waals surface area (Å²) in [6.07, 6.45) is 2.04. The van der Waals surface area contributed by atoms with Crippen LogP contribution in [0.4, 0.5) is 4.79 Å². The zero-order valence-corrected chi connectivity index (χ0v) is 26.5. The molecule has 1 atom stereocenters. The third-order valence-corrected chi connectivity index (χ3v) is 7.84. The Labute approximate surface area is 258 Å². The number of amides is 1. The van der Waals surface area contributed by atoms with E-state index in [-0.39, 0.29) is 36.7 Å². The number of rotatable bonds is 10. The molecule has 1 fully saturated rings. The van der Waals surface area contributed by atoms with E-state index in [0.717, 1.165) is 6.26 Å². The zero-order chi connectivity index (χ0) is 32.1. The molecule has 1 saturated heterocycles. The molecule has 0 spiro atoms. The maximum atomic E-state index is 13.0. The Kier molecular flexibility index (Phi) is 10.2. The van der Waals surface area contributed by atoms with Crippen molar-refractivity contribution < 1.29 is 36.4 Å². The fourth-order valence-corrected chi connectivity index (χ4v) is 5.62. The van der Waals surface area contributed by atoms with Crippen LogP contribution < -0.4 is 10.6 Å². The van der Waals surface area contributed by atoms with Crippen LogP contribution in [0.1, 0.15) is 62.3 Å². The molecule has 1 aromatic heterocycles. The van der Waals surface area contributed by atoms with Crippen LogP contribution in [0.15, 0.2) is 54.6 Å².